The molecule has 1 aliphatic heterocycles. The van der Waals surface area contributed by atoms with Crippen molar-refractivity contribution in [2.45, 2.75) is 0 Å². The Bertz CT molecular complexity index is 1070. The van der Waals surface area contributed by atoms with Crippen LogP contribution in [0.3, 0.4) is 0 Å². The van der Waals surface area contributed by atoms with E-state index in [-0.39, 0.29) is 27.3 Å². The molecule has 0 bridgehead atoms. The summed E-state index contributed by atoms with van der Waals surface area (Å²) in [6.45, 7) is 2.01. The lowest BCUT2D eigenvalue weighted by molar-refractivity contribution is 0.102. The van der Waals surface area contributed by atoms with Gasteiger partial charge in [0.25, 0.3) is 5.91 Å². The molecule has 1 amide bonds. The second-order valence-electron chi connectivity index (χ2n) is 6.19. The summed E-state index contributed by atoms with van der Waals surface area (Å²) in [5.41, 5.74) is -0.140. The van der Waals surface area contributed by atoms with Crippen LogP contribution < -0.4 is 10.2 Å². The van der Waals surface area contributed by atoms with Crippen LogP contribution in [0.25, 0.3) is 11.0 Å². The number of amides is 1. The van der Waals surface area contributed by atoms with Crippen molar-refractivity contribution in [3.63, 3.8) is 0 Å². The van der Waals surface area contributed by atoms with Gasteiger partial charge >= 0.3 is 0 Å². The lowest BCUT2D eigenvalue weighted by atomic mass is 10.1. The summed E-state index contributed by atoms with van der Waals surface area (Å²) in [6.07, 6.45) is 0. The van der Waals surface area contributed by atoms with Crippen LogP contribution in [0.4, 0.5) is 24.8 Å². The predicted octanol–water partition coefficient (Wildman–Crippen LogP) is 3.72. The summed E-state index contributed by atoms with van der Waals surface area (Å²) < 4.78 is 46.9. The Morgan fingerprint density at radius 2 is 1.93 bits per heavy atom. The number of nitrogens with one attached hydrogen (secondary N) is 2. The van der Waals surface area contributed by atoms with Crippen molar-refractivity contribution < 1.29 is 22.7 Å². The standard InChI is InChI=1S/C18H14ClF3N4O2/c19-11-7-9(1-2-12(11)20)23-17(27)10-8-13(21)14(22)16-15(10)24-18(25-16)26-3-5-28-6-4-26/h1-2,7-8H,3-6H2,(H,23,27)(H,24,25). The zero-order valence-corrected chi connectivity index (χ0v) is 15.1. The van der Waals surface area contributed by atoms with E-state index < -0.39 is 23.4 Å². The van der Waals surface area contributed by atoms with Gasteiger partial charge in [-0.3, -0.25) is 4.79 Å². The number of aromatic amines is 1. The van der Waals surface area contributed by atoms with E-state index in [1.807, 2.05) is 4.90 Å². The summed E-state index contributed by atoms with van der Waals surface area (Å²) >= 11 is 5.71. The molecule has 6 nitrogen and oxygen atoms in total. The zero-order valence-electron chi connectivity index (χ0n) is 14.4. The molecular formula is C18H14ClF3N4O2. The molecule has 0 aliphatic carbocycles. The molecule has 1 saturated heterocycles. The molecule has 0 unspecified atom stereocenters. The van der Waals surface area contributed by atoms with Crippen molar-refractivity contribution in [3.05, 3.63) is 52.3 Å². The number of fused-ring (bicyclic) bond motifs is 1. The fraction of sp³-hybridized carbons (Fsp3) is 0.222. The van der Waals surface area contributed by atoms with E-state index in [1.54, 1.807) is 0 Å². The van der Waals surface area contributed by atoms with Gasteiger partial charge in [-0.2, -0.15) is 0 Å². The Balaban J connectivity index is 1.72. The number of H-pyrrole nitrogens is 1. The first-order valence-electron chi connectivity index (χ1n) is 8.41. The lowest BCUT2D eigenvalue weighted by Gasteiger charge is -2.26. The van der Waals surface area contributed by atoms with Crippen LogP contribution >= 0.6 is 11.6 Å². The van der Waals surface area contributed by atoms with Gasteiger partial charge in [0.1, 0.15) is 11.3 Å². The molecule has 10 heteroatoms. The largest absolute Gasteiger partial charge is 0.378 e. The Hall–Kier alpha value is -2.78. The molecule has 0 saturated carbocycles. The number of anilines is 2. The highest BCUT2D eigenvalue weighted by molar-refractivity contribution is 6.31. The molecule has 28 heavy (non-hydrogen) atoms. The Morgan fingerprint density at radius 3 is 2.64 bits per heavy atom. The Labute approximate surface area is 162 Å². The average molecular weight is 411 g/mol. The molecule has 2 N–H and O–H groups in total. The predicted molar refractivity (Wildman–Crippen MR) is 98.4 cm³/mol. The number of carbonyl (C=O) groups excluding carboxylic acids is 1. The van der Waals surface area contributed by atoms with Crippen molar-refractivity contribution in [2.75, 3.05) is 36.5 Å². The number of morpholine rings is 1. The van der Waals surface area contributed by atoms with Crippen molar-refractivity contribution in [1.29, 1.82) is 0 Å². The minimum absolute atomic E-state index is 0.0612. The third-order valence-electron chi connectivity index (χ3n) is 4.38. The number of aromatic nitrogens is 2. The van der Waals surface area contributed by atoms with E-state index >= 15 is 0 Å². The molecule has 1 aliphatic rings. The summed E-state index contributed by atoms with van der Waals surface area (Å²) in [5, 5.41) is 2.32. The van der Waals surface area contributed by atoms with Crippen molar-refractivity contribution >= 4 is 40.2 Å². The smallest absolute Gasteiger partial charge is 0.257 e. The monoisotopic (exact) mass is 410 g/mol. The first-order chi connectivity index (χ1) is 13.4. The Morgan fingerprint density at radius 1 is 1.18 bits per heavy atom. The third-order valence-corrected chi connectivity index (χ3v) is 4.67. The van der Waals surface area contributed by atoms with Crippen molar-refractivity contribution in [1.82, 2.24) is 9.97 Å². The van der Waals surface area contributed by atoms with Crippen LogP contribution in [0.2, 0.25) is 5.02 Å². The SMILES string of the molecule is O=C(Nc1ccc(F)c(Cl)c1)c1cc(F)c(F)c2nc(N3CCOCC3)[nH]c12. The molecule has 1 fully saturated rings. The molecule has 0 radical (unpaired) electrons. The molecule has 2 aromatic carbocycles. The van der Waals surface area contributed by atoms with Gasteiger partial charge in [-0.15, -0.1) is 0 Å². The summed E-state index contributed by atoms with van der Waals surface area (Å²) in [4.78, 5) is 21.5. The maximum Gasteiger partial charge on any atom is 0.257 e. The maximum atomic E-state index is 14.3. The number of halogens is 4. The van der Waals surface area contributed by atoms with Crippen molar-refractivity contribution in [2.24, 2.45) is 0 Å². The quantitative estimate of drug-likeness (QED) is 0.690. The van der Waals surface area contributed by atoms with Gasteiger partial charge in [0.15, 0.2) is 11.6 Å². The third kappa shape index (κ3) is 3.38. The first-order valence-corrected chi connectivity index (χ1v) is 8.78. The van der Waals surface area contributed by atoms with E-state index in [1.165, 1.54) is 12.1 Å². The molecule has 0 spiro atoms. The molecule has 3 aromatic rings. The van der Waals surface area contributed by atoms with Crippen molar-refractivity contribution in [3.8, 4) is 0 Å². The zero-order chi connectivity index (χ0) is 19.8. The topological polar surface area (TPSA) is 70.2 Å². The fourth-order valence-corrected chi connectivity index (χ4v) is 3.15. The van der Waals surface area contributed by atoms with Crippen LogP contribution in [-0.4, -0.2) is 42.2 Å². The highest BCUT2D eigenvalue weighted by atomic mass is 35.5. The number of imidazole rings is 1. The van der Waals surface area contributed by atoms with E-state index in [2.05, 4.69) is 15.3 Å². The summed E-state index contributed by atoms with van der Waals surface area (Å²) in [5.74, 6) is -3.38. The first kappa shape index (κ1) is 18.6. The maximum absolute atomic E-state index is 14.3. The highest BCUT2D eigenvalue weighted by Crippen LogP contribution is 2.27. The average Bonchev–Trinajstić information content (AvgIpc) is 3.14. The van der Waals surface area contributed by atoms with Gasteiger partial charge in [0.05, 0.1) is 29.3 Å². The molecule has 0 atom stereocenters. The van der Waals surface area contributed by atoms with Gasteiger partial charge in [0, 0.05) is 18.8 Å². The van der Waals surface area contributed by atoms with E-state index in [4.69, 9.17) is 16.3 Å². The van der Waals surface area contributed by atoms with Crippen LogP contribution in [0, 0.1) is 17.5 Å². The molecule has 146 valence electrons. The minimum Gasteiger partial charge on any atom is -0.378 e. The van der Waals surface area contributed by atoms with Gasteiger partial charge < -0.3 is 19.9 Å². The number of hydrogen-bond donors (Lipinski definition) is 2. The number of hydrogen-bond acceptors (Lipinski definition) is 4. The Kier molecular flexibility index (Phi) is 4.86. The minimum atomic E-state index is -1.20. The highest BCUT2D eigenvalue weighted by Gasteiger charge is 2.23. The van der Waals surface area contributed by atoms with Gasteiger partial charge in [-0.05, 0) is 24.3 Å². The fourth-order valence-electron chi connectivity index (χ4n) is 2.97. The number of nitrogens with zero attached hydrogens (tertiary/aromatic N) is 2. The molecule has 4 rings (SSSR count). The van der Waals surface area contributed by atoms with Crippen LogP contribution in [-0.2, 0) is 4.74 Å². The molecule has 2 heterocycles. The normalized spacial score (nSPS) is 14.5. The van der Waals surface area contributed by atoms with Crippen LogP contribution in [0.5, 0.6) is 0 Å². The van der Waals surface area contributed by atoms with Gasteiger partial charge in [-0.25, -0.2) is 18.2 Å². The van der Waals surface area contributed by atoms with E-state index in [0.29, 0.717) is 32.3 Å². The van der Waals surface area contributed by atoms with Gasteiger partial charge in [-0.1, -0.05) is 11.6 Å². The number of rotatable bonds is 3. The van der Waals surface area contributed by atoms with Crippen LogP contribution in [0.15, 0.2) is 24.3 Å². The molecular weight excluding hydrogens is 397 g/mol. The number of benzene rings is 2. The second-order valence-corrected chi connectivity index (χ2v) is 6.59. The lowest BCUT2D eigenvalue weighted by Crippen LogP contribution is -2.36. The van der Waals surface area contributed by atoms with E-state index in [9.17, 15) is 18.0 Å². The number of carbonyl (C=O) groups is 1. The summed E-state index contributed by atoms with van der Waals surface area (Å²) in [6, 6.07) is 4.41. The van der Waals surface area contributed by atoms with Crippen LogP contribution in [0.1, 0.15) is 10.4 Å². The van der Waals surface area contributed by atoms with Gasteiger partial charge in [0.2, 0.25) is 5.95 Å². The van der Waals surface area contributed by atoms with E-state index in [0.717, 1.165) is 12.1 Å². The second kappa shape index (κ2) is 7.33. The summed E-state index contributed by atoms with van der Waals surface area (Å²) in [7, 11) is 0. The number of ether oxygens (including phenoxy) is 1. The molecule has 1 aromatic heterocycles.